The lowest BCUT2D eigenvalue weighted by atomic mass is 10.3. The molecule has 0 aliphatic carbocycles. The summed E-state index contributed by atoms with van der Waals surface area (Å²) in [6, 6.07) is 4.13. The monoisotopic (exact) mass is 335 g/mol. The van der Waals surface area contributed by atoms with Crippen LogP contribution in [-0.4, -0.2) is 23.9 Å². The number of aryl methyl sites for hydroxylation is 3. The molecule has 4 aromatic rings. The summed E-state index contributed by atoms with van der Waals surface area (Å²) in [7, 11) is 2.00. The van der Waals surface area contributed by atoms with Gasteiger partial charge in [-0.15, -0.1) is 0 Å². The number of rotatable bonds is 3. The first-order valence-electron chi connectivity index (χ1n) is 7.67. The molecule has 0 saturated carbocycles. The van der Waals surface area contributed by atoms with Crippen molar-refractivity contribution < 1.29 is 0 Å². The molecule has 120 valence electrons. The highest BCUT2D eigenvalue weighted by Crippen LogP contribution is 2.21. The molecule has 0 fully saturated rings. The molecule has 24 heavy (non-hydrogen) atoms. The molecule has 4 rings (SSSR count). The maximum Gasteiger partial charge on any atom is 0.234 e. The van der Waals surface area contributed by atoms with Gasteiger partial charge < -0.3 is 4.57 Å². The van der Waals surface area contributed by atoms with Crippen LogP contribution in [0.2, 0.25) is 0 Å². The highest BCUT2D eigenvalue weighted by molar-refractivity contribution is 7.08. The second kappa shape index (κ2) is 5.72. The SMILES string of the molecule is Cc1cc(C)n2cc(C=Cc3nc(-c4ccsc4)cn3C)nc2n1. The predicted octanol–water partition coefficient (Wildman–Crippen LogP) is 3.98. The number of hydrogen-bond donors (Lipinski definition) is 0. The van der Waals surface area contributed by atoms with Gasteiger partial charge in [0.15, 0.2) is 0 Å². The van der Waals surface area contributed by atoms with Gasteiger partial charge in [0.1, 0.15) is 5.82 Å². The largest absolute Gasteiger partial charge is 0.334 e. The zero-order valence-electron chi connectivity index (χ0n) is 13.8. The van der Waals surface area contributed by atoms with Crippen molar-refractivity contribution in [2.75, 3.05) is 0 Å². The van der Waals surface area contributed by atoms with Gasteiger partial charge in [-0.3, -0.25) is 4.40 Å². The molecule has 0 N–H and O–H groups in total. The average molecular weight is 335 g/mol. The molecule has 0 aliphatic rings. The van der Waals surface area contributed by atoms with Crippen LogP contribution in [0.4, 0.5) is 0 Å². The molecule has 4 heterocycles. The molecule has 0 atom stereocenters. The van der Waals surface area contributed by atoms with Crippen molar-refractivity contribution in [3.8, 4) is 11.3 Å². The highest BCUT2D eigenvalue weighted by atomic mass is 32.1. The minimum Gasteiger partial charge on any atom is -0.334 e. The van der Waals surface area contributed by atoms with Gasteiger partial charge in [-0.25, -0.2) is 15.0 Å². The third kappa shape index (κ3) is 2.65. The summed E-state index contributed by atoms with van der Waals surface area (Å²) in [6.45, 7) is 4.04. The Morgan fingerprint density at radius 2 is 1.96 bits per heavy atom. The predicted molar refractivity (Wildman–Crippen MR) is 97.9 cm³/mol. The molecule has 5 nitrogen and oxygen atoms in total. The summed E-state index contributed by atoms with van der Waals surface area (Å²) in [5.74, 6) is 1.63. The Balaban J connectivity index is 1.67. The Hall–Kier alpha value is -2.73. The van der Waals surface area contributed by atoms with Crippen molar-refractivity contribution in [2.45, 2.75) is 13.8 Å². The van der Waals surface area contributed by atoms with Gasteiger partial charge in [0.25, 0.3) is 0 Å². The van der Waals surface area contributed by atoms with Crippen LogP contribution in [0.5, 0.6) is 0 Å². The zero-order chi connectivity index (χ0) is 16.7. The average Bonchev–Trinajstić information content (AvgIpc) is 3.24. The van der Waals surface area contributed by atoms with E-state index in [4.69, 9.17) is 0 Å². The standard InChI is InChI=1S/C18H17N5S/c1-12-8-13(2)23-9-15(20-18(23)19-12)4-5-17-21-16(10-22(17)3)14-6-7-24-11-14/h4-11H,1-3H3. The summed E-state index contributed by atoms with van der Waals surface area (Å²) < 4.78 is 4.02. The lowest BCUT2D eigenvalue weighted by Gasteiger charge is -1.98. The van der Waals surface area contributed by atoms with E-state index in [0.717, 1.165) is 39.9 Å². The van der Waals surface area contributed by atoms with Gasteiger partial charge in [-0.2, -0.15) is 11.3 Å². The van der Waals surface area contributed by atoms with Crippen LogP contribution in [0.15, 0.2) is 35.3 Å². The first-order valence-corrected chi connectivity index (χ1v) is 8.62. The van der Waals surface area contributed by atoms with E-state index >= 15 is 0 Å². The smallest absolute Gasteiger partial charge is 0.234 e. The fourth-order valence-electron chi connectivity index (χ4n) is 2.71. The van der Waals surface area contributed by atoms with Gasteiger partial charge in [0.05, 0.1) is 11.4 Å². The zero-order valence-corrected chi connectivity index (χ0v) is 14.6. The molecule has 0 aromatic carbocycles. The van der Waals surface area contributed by atoms with Gasteiger partial charge in [-0.1, -0.05) is 0 Å². The Morgan fingerprint density at radius 3 is 2.75 bits per heavy atom. The lowest BCUT2D eigenvalue weighted by molar-refractivity contribution is 0.898. The summed E-state index contributed by atoms with van der Waals surface area (Å²) in [6.07, 6.45) is 8.00. The summed E-state index contributed by atoms with van der Waals surface area (Å²) in [5.41, 5.74) is 5.11. The highest BCUT2D eigenvalue weighted by Gasteiger charge is 2.07. The van der Waals surface area contributed by atoms with Gasteiger partial charge >= 0.3 is 0 Å². The van der Waals surface area contributed by atoms with E-state index in [9.17, 15) is 0 Å². The van der Waals surface area contributed by atoms with E-state index in [2.05, 4.69) is 38.7 Å². The number of imidazole rings is 2. The molecule has 4 aromatic heterocycles. The molecule has 0 bridgehead atoms. The van der Waals surface area contributed by atoms with Gasteiger partial charge in [0, 0.05) is 41.8 Å². The number of hydrogen-bond acceptors (Lipinski definition) is 4. The molecule has 0 aliphatic heterocycles. The van der Waals surface area contributed by atoms with Crippen LogP contribution in [-0.2, 0) is 7.05 Å². The fourth-order valence-corrected chi connectivity index (χ4v) is 3.36. The second-order valence-electron chi connectivity index (χ2n) is 5.82. The normalized spacial score (nSPS) is 11.8. The van der Waals surface area contributed by atoms with E-state index in [1.807, 2.05) is 53.6 Å². The molecule has 0 saturated heterocycles. The summed E-state index contributed by atoms with van der Waals surface area (Å²) >= 11 is 1.68. The van der Waals surface area contributed by atoms with Crippen molar-refractivity contribution in [1.29, 1.82) is 0 Å². The van der Waals surface area contributed by atoms with Crippen molar-refractivity contribution >= 4 is 29.3 Å². The maximum absolute atomic E-state index is 4.69. The molecule has 0 spiro atoms. The Labute approximate surface area is 144 Å². The van der Waals surface area contributed by atoms with Crippen molar-refractivity contribution in [2.24, 2.45) is 7.05 Å². The van der Waals surface area contributed by atoms with E-state index in [1.165, 1.54) is 0 Å². The minimum atomic E-state index is 0.728. The molecule has 6 heteroatoms. The molecule has 0 amide bonds. The Morgan fingerprint density at radius 1 is 1.08 bits per heavy atom. The molecular formula is C18H17N5S. The molecule has 0 radical (unpaired) electrons. The molecule has 0 unspecified atom stereocenters. The summed E-state index contributed by atoms with van der Waals surface area (Å²) in [4.78, 5) is 13.7. The number of nitrogens with zero attached hydrogens (tertiary/aromatic N) is 5. The van der Waals surface area contributed by atoms with E-state index in [-0.39, 0.29) is 0 Å². The molecular weight excluding hydrogens is 318 g/mol. The fraction of sp³-hybridized carbons (Fsp3) is 0.167. The van der Waals surface area contributed by atoms with E-state index in [1.54, 1.807) is 11.3 Å². The second-order valence-corrected chi connectivity index (χ2v) is 6.60. The van der Waals surface area contributed by atoms with Crippen LogP contribution in [0.25, 0.3) is 29.2 Å². The first kappa shape index (κ1) is 14.8. The van der Waals surface area contributed by atoms with Gasteiger partial charge in [0.2, 0.25) is 5.78 Å². The van der Waals surface area contributed by atoms with Gasteiger partial charge in [-0.05, 0) is 43.5 Å². The van der Waals surface area contributed by atoms with Crippen LogP contribution in [0.3, 0.4) is 0 Å². The third-order valence-corrected chi connectivity index (χ3v) is 4.60. The minimum absolute atomic E-state index is 0.728. The maximum atomic E-state index is 4.69. The van der Waals surface area contributed by atoms with E-state index in [0.29, 0.717) is 0 Å². The Kier molecular flexibility index (Phi) is 3.54. The van der Waals surface area contributed by atoms with Crippen molar-refractivity contribution in [1.82, 2.24) is 23.9 Å². The number of thiophene rings is 1. The number of aromatic nitrogens is 5. The number of fused-ring (bicyclic) bond motifs is 1. The first-order chi connectivity index (χ1) is 11.6. The van der Waals surface area contributed by atoms with Crippen molar-refractivity contribution in [3.63, 3.8) is 0 Å². The van der Waals surface area contributed by atoms with Crippen LogP contribution < -0.4 is 0 Å². The third-order valence-electron chi connectivity index (χ3n) is 3.91. The topological polar surface area (TPSA) is 48.0 Å². The quantitative estimate of drug-likeness (QED) is 0.569. The van der Waals surface area contributed by atoms with Crippen LogP contribution in [0.1, 0.15) is 22.9 Å². The lowest BCUT2D eigenvalue weighted by Crippen LogP contribution is -1.94. The van der Waals surface area contributed by atoms with E-state index < -0.39 is 0 Å². The van der Waals surface area contributed by atoms with Crippen LogP contribution in [0, 0.1) is 13.8 Å². The summed E-state index contributed by atoms with van der Waals surface area (Å²) in [5, 5.41) is 4.17. The van der Waals surface area contributed by atoms with Crippen LogP contribution >= 0.6 is 11.3 Å². The van der Waals surface area contributed by atoms with Crippen molar-refractivity contribution in [3.05, 3.63) is 58.2 Å². The Bertz CT molecular complexity index is 1040.